The van der Waals surface area contributed by atoms with Crippen molar-refractivity contribution in [3.8, 4) is 11.1 Å². The van der Waals surface area contributed by atoms with Crippen LogP contribution >= 0.6 is 22.6 Å². The Bertz CT molecular complexity index is 506. The molecule has 0 spiro atoms. The number of hydrogen-bond donors (Lipinski definition) is 0. The standard InChI is InChI=1S/C15H17ISi/c1-17(2)15-10-6-5-9-14(15)13-8-4-3-7-12(13)11-16/h3-10,17H,11H2,1-2H3. The van der Waals surface area contributed by atoms with Gasteiger partial charge in [0, 0.05) is 4.43 Å². The molecule has 0 bridgehead atoms. The third kappa shape index (κ3) is 2.80. The Balaban J connectivity index is 2.60. The summed E-state index contributed by atoms with van der Waals surface area (Å²) in [5.41, 5.74) is 4.30. The summed E-state index contributed by atoms with van der Waals surface area (Å²) in [6.45, 7) is 4.79. The molecule has 0 nitrogen and oxygen atoms in total. The summed E-state index contributed by atoms with van der Waals surface area (Å²) < 4.78 is 1.07. The second-order valence-electron chi connectivity index (χ2n) is 4.53. The van der Waals surface area contributed by atoms with Crippen molar-refractivity contribution in [1.29, 1.82) is 0 Å². The molecular weight excluding hydrogens is 335 g/mol. The lowest BCUT2D eigenvalue weighted by Crippen LogP contribution is -2.24. The van der Waals surface area contributed by atoms with E-state index in [1.807, 2.05) is 0 Å². The molecule has 0 heterocycles. The van der Waals surface area contributed by atoms with E-state index in [1.165, 1.54) is 16.7 Å². The van der Waals surface area contributed by atoms with E-state index in [1.54, 1.807) is 5.19 Å². The quantitative estimate of drug-likeness (QED) is 0.445. The molecule has 0 unspecified atom stereocenters. The van der Waals surface area contributed by atoms with Crippen molar-refractivity contribution < 1.29 is 0 Å². The number of benzene rings is 2. The van der Waals surface area contributed by atoms with Crippen LogP contribution in [0.3, 0.4) is 0 Å². The van der Waals surface area contributed by atoms with Gasteiger partial charge >= 0.3 is 0 Å². The van der Waals surface area contributed by atoms with E-state index in [0.29, 0.717) is 0 Å². The summed E-state index contributed by atoms with van der Waals surface area (Å²) in [5.74, 6) is 0. The van der Waals surface area contributed by atoms with Gasteiger partial charge in [-0.05, 0) is 16.7 Å². The van der Waals surface area contributed by atoms with Crippen LogP contribution in [0.5, 0.6) is 0 Å². The van der Waals surface area contributed by atoms with Gasteiger partial charge in [-0.25, -0.2) is 0 Å². The second-order valence-corrected chi connectivity index (χ2v) is 8.23. The molecule has 88 valence electrons. The van der Waals surface area contributed by atoms with Gasteiger partial charge in [0.25, 0.3) is 0 Å². The summed E-state index contributed by atoms with van der Waals surface area (Å²) in [6, 6.07) is 17.7. The van der Waals surface area contributed by atoms with Gasteiger partial charge in [0.05, 0.1) is 8.80 Å². The lowest BCUT2D eigenvalue weighted by atomic mass is 10.0. The van der Waals surface area contributed by atoms with E-state index in [0.717, 1.165) is 4.43 Å². The van der Waals surface area contributed by atoms with Crippen LogP contribution in [-0.2, 0) is 4.43 Å². The molecule has 0 saturated heterocycles. The van der Waals surface area contributed by atoms with Gasteiger partial charge in [-0.2, -0.15) is 0 Å². The molecule has 0 N–H and O–H groups in total. The Hall–Kier alpha value is -0.613. The third-order valence-corrected chi connectivity index (χ3v) is 5.60. The molecule has 2 heteroatoms. The van der Waals surface area contributed by atoms with Crippen molar-refractivity contribution in [3.63, 3.8) is 0 Å². The average molecular weight is 352 g/mol. The SMILES string of the molecule is C[SiH](C)c1ccccc1-c1ccccc1CI. The molecular formula is C15H17ISi. The predicted octanol–water partition coefficient (Wildman–Crippen LogP) is 3.98. The maximum Gasteiger partial charge on any atom is 0.0655 e. The minimum Gasteiger partial charge on any atom is -0.0812 e. The van der Waals surface area contributed by atoms with Gasteiger partial charge in [0.15, 0.2) is 0 Å². The minimum atomic E-state index is -0.772. The monoisotopic (exact) mass is 352 g/mol. The van der Waals surface area contributed by atoms with Crippen molar-refractivity contribution in [1.82, 2.24) is 0 Å². The van der Waals surface area contributed by atoms with Crippen LogP contribution < -0.4 is 5.19 Å². The fourth-order valence-electron chi connectivity index (χ4n) is 2.15. The summed E-state index contributed by atoms with van der Waals surface area (Å²) in [5, 5.41) is 1.57. The maximum atomic E-state index is 2.45. The first-order valence-electron chi connectivity index (χ1n) is 5.97. The smallest absolute Gasteiger partial charge is 0.0655 e. The number of hydrogen-bond acceptors (Lipinski definition) is 0. The molecule has 0 aliphatic heterocycles. The third-order valence-electron chi connectivity index (χ3n) is 3.03. The molecule has 0 fully saturated rings. The van der Waals surface area contributed by atoms with Crippen molar-refractivity contribution in [2.75, 3.05) is 0 Å². The molecule has 2 aromatic rings. The normalized spacial score (nSPS) is 10.8. The fourth-order valence-corrected chi connectivity index (χ4v) is 4.18. The molecule has 0 amide bonds. The highest BCUT2D eigenvalue weighted by Crippen LogP contribution is 2.24. The van der Waals surface area contributed by atoms with E-state index >= 15 is 0 Å². The number of rotatable bonds is 3. The van der Waals surface area contributed by atoms with E-state index in [4.69, 9.17) is 0 Å². The Morgan fingerprint density at radius 3 is 2.12 bits per heavy atom. The Labute approximate surface area is 119 Å². The molecule has 0 aliphatic rings. The highest BCUT2D eigenvalue weighted by molar-refractivity contribution is 14.1. The first-order chi connectivity index (χ1) is 8.24. The predicted molar refractivity (Wildman–Crippen MR) is 88.1 cm³/mol. The molecule has 0 saturated carbocycles. The Kier molecular flexibility index (Phi) is 4.40. The van der Waals surface area contributed by atoms with E-state index in [2.05, 4.69) is 84.2 Å². The molecule has 0 aromatic heterocycles. The van der Waals surface area contributed by atoms with E-state index < -0.39 is 8.80 Å². The van der Waals surface area contributed by atoms with Crippen LogP contribution in [0, 0.1) is 0 Å². The van der Waals surface area contributed by atoms with Gasteiger partial charge in [0.1, 0.15) is 0 Å². The summed E-state index contributed by atoms with van der Waals surface area (Å²) in [4.78, 5) is 0. The van der Waals surface area contributed by atoms with Crippen LogP contribution in [0.4, 0.5) is 0 Å². The highest BCUT2D eigenvalue weighted by atomic mass is 127. The van der Waals surface area contributed by atoms with Crippen LogP contribution in [0.15, 0.2) is 48.5 Å². The van der Waals surface area contributed by atoms with Gasteiger partial charge in [-0.3, -0.25) is 0 Å². The second kappa shape index (κ2) is 5.82. The van der Waals surface area contributed by atoms with Crippen LogP contribution in [0.1, 0.15) is 5.56 Å². The van der Waals surface area contributed by atoms with Crippen LogP contribution in [0.2, 0.25) is 13.1 Å². The number of alkyl halides is 1. The number of halogens is 1. The summed E-state index contributed by atoms with van der Waals surface area (Å²) in [6.07, 6.45) is 0. The highest BCUT2D eigenvalue weighted by Gasteiger charge is 2.10. The van der Waals surface area contributed by atoms with Gasteiger partial charge in [-0.1, -0.05) is 89.4 Å². The zero-order valence-corrected chi connectivity index (χ0v) is 13.6. The van der Waals surface area contributed by atoms with E-state index in [9.17, 15) is 0 Å². The van der Waals surface area contributed by atoms with Gasteiger partial charge in [-0.15, -0.1) is 0 Å². The van der Waals surface area contributed by atoms with Gasteiger partial charge < -0.3 is 0 Å². The van der Waals surface area contributed by atoms with Crippen molar-refractivity contribution in [2.45, 2.75) is 17.5 Å². The van der Waals surface area contributed by atoms with Crippen molar-refractivity contribution in [3.05, 3.63) is 54.1 Å². The molecule has 0 atom stereocenters. The van der Waals surface area contributed by atoms with Gasteiger partial charge in [0.2, 0.25) is 0 Å². The summed E-state index contributed by atoms with van der Waals surface area (Å²) >= 11 is 2.45. The van der Waals surface area contributed by atoms with E-state index in [-0.39, 0.29) is 0 Å². The zero-order valence-electron chi connectivity index (χ0n) is 10.3. The zero-order chi connectivity index (χ0) is 12.3. The molecule has 0 radical (unpaired) electrons. The Morgan fingerprint density at radius 1 is 0.882 bits per heavy atom. The van der Waals surface area contributed by atoms with Crippen LogP contribution in [0.25, 0.3) is 11.1 Å². The first-order valence-corrected chi connectivity index (χ1v) is 10.4. The van der Waals surface area contributed by atoms with Crippen LogP contribution in [-0.4, -0.2) is 8.80 Å². The lowest BCUT2D eigenvalue weighted by Gasteiger charge is -2.14. The fraction of sp³-hybridized carbons (Fsp3) is 0.200. The maximum absolute atomic E-state index is 2.45. The Morgan fingerprint density at radius 2 is 1.47 bits per heavy atom. The average Bonchev–Trinajstić information content (AvgIpc) is 2.38. The lowest BCUT2D eigenvalue weighted by molar-refractivity contribution is 1.45. The minimum absolute atomic E-state index is 0.772. The summed E-state index contributed by atoms with van der Waals surface area (Å²) in [7, 11) is -0.772. The molecule has 2 rings (SSSR count). The molecule has 0 aliphatic carbocycles. The largest absolute Gasteiger partial charge is 0.0812 e. The molecule has 17 heavy (non-hydrogen) atoms. The topological polar surface area (TPSA) is 0 Å². The van der Waals surface area contributed by atoms with Crippen molar-refractivity contribution >= 4 is 36.6 Å². The molecule has 2 aromatic carbocycles. The van der Waals surface area contributed by atoms with Crippen molar-refractivity contribution in [2.24, 2.45) is 0 Å². The first kappa shape index (κ1) is 12.8.